The minimum atomic E-state index is -0.602. The molecule has 0 radical (unpaired) electrons. The molecule has 3 aromatic rings. The summed E-state index contributed by atoms with van der Waals surface area (Å²) < 4.78 is 8.37. The van der Waals surface area contributed by atoms with Crippen LogP contribution in [0.2, 0.25) is 0 Å². The second kappa shape index (κ2) is 9.06. The lowest BCUT2D eigenvalue weighted by atomic mass is 9.72. The molecule has 0 fully saturated rings. The van der Waals surface area contributed by atoms with Crippen molar-refractivity contribution >= 4 is 5.57 Å². The Labute approximate surface area is 188 Å². The molecule has 1 aromatic heterocycles. The third kappa shape index (κ3) is 4.25. The van der Waals surface area contributed by atoms with Gasteiger partial charge in [0.2, 0.25) is 0 Å². The SMILES string of the molecule is Cn1cncc1C(OCc1ccc(C#N)cc1)C1=CCC(C)(C#N)C(c2ccccc2)=C1. The fourth-order valence-corrected chi connectivity index (χ4v) is 3.95. The van der Waals surface area contributed by atoms with E-state index < -0.39 is 5.41 Å². The summed E-state index contributed by atoms with van der Waals surface area (Å²) in [6.45, 7) is 2.37. The van der Waals surface area contributed by atoms with Gasteiger partial charge in [0.05, 0.1) is 47.9 Å². The molecule has 0 N–H and O–H groups in total. The van der Waals surface area contributed by atoms with Crippen molar-refractivity contribution in [2.45, 2.75) is 26.1 Å². The van der Waals surface area contributed by atoms with Gasteiger partial charge >= 0.3 is 0 Å². The van der Waals surface area contributed by atoms with Crippen LogP contribution >= 0.6 is 0 Å². The summed E-state index contributed by atoms with van der Waals surface area (Å²) in [5, 5.41) is 19.0. The van der Waals surface area contributed by atoms with E-state index in [0.29, 0.717) is 18.6 Å². The summed E-state index contributed by atoms with van der Waals surface area (Å²) in [6, 6.07) is 22.1. The second-order valence-electron chi connectivity index (χ2n) is 8.21. The van der Waals surface area contributed by atoms with Gasteiger partial charge in [-0.2, -0.15) is 10.5 Å². The quantitative estimate of drug-likeness (QED) is 0.528. The van der Waals surface area contributed by atoms with Gasteiger partial charge in [0.1, 0.15) is 6.10 Å². The van der Waals surface area contributed by atoms with Gasteiger partial charge in [-0.05, 0) is 47.8 Å². The molecule has 0 saturated carbocycles. The summed E-state index contributed by atoms with van der Waals surface area (Å²) in [4.78, 5) is 4.28. The Bertz CT molecular complexity index is 1240. The third-order valence-electron chi connectivity index (χ3n) is 5.91. The van der Waals surface area contributed by atoms with E-state index >= 15 is 0 Å². The van der Waals surface area contributed by atoms with Crippen LogP contribution in [-0.4, -0.2) is 9.55 Å². The van der Waals surface area contributed by atoms with E-state index in [0.717, 1.165) is 28.0 Å². The number of ether oxygens (including phenoxy) is 1. The number of nitriles is 2. The predicted octanol–water partition coefficient (Wildman–Crippen LogP) is 5.49. The van der Waals surface area contributed by atoms with Crippen LogP contribution in [0.4, 0.5) is 0 Å². The zero-order valence-electron chi connectivity index (χ0n) is 18.2. The van der Waals surface area contributed by atoms with E-state index in [-0.39, 0.29) is 6.10 Å². The summed E-state index contributed by atoms with van der Waals surface area (Å²) in [6.07, 6.45) is 8.05. The number of benzene rings is 2. The van der Waals surface area contributed by atoms with Crippen LogP contribution in [-0.2, 0) is 18.4 Å². The fraction of sp³-hybridized carbons (Fsp3) is 0.222. The van der Waals surface area contributed by atoms with E-state index in [4.69, 9.17) is 10.00 Å². The number of nitrogens with zero attached hydrogens (tertiary/aromatic N) is 4. The highest BCUT2D eigenvalue weighted by atomic mass is 16.5. The van der Waals surface area contributed by atoms with Gasteiger partial charge in [-0.1, -0.05) is 54.6 Å². The first-order chi connectivity index (χ1) is 15.5. The molecule has 0 spiro atoms. The molecule has 32 heavy (non-hydrogen) atoms. The molecular weight excluding hydrogens is 396 g/mol. The number of allylic oxidation sites excluding steroid dienone is 2. The van der Waals surface area contributed by atoms with Gasteiger partial charge in [0.25, 0.3) is 0 Å². The second-order valence-corrected chi connectivity index (χ2v) is 8.21. The predicted molar refractivity (Wildman–Crippen MR) is 123 cm³/mol. The molecular formula is C27H24N4O. The summed E-state index contributed by atoms with van der Waals surface area (Å²) in [5.74, 6) is 0. The topological polar surface area (TPSA) is 74.6 Å². The van der Waals surface area contributed by atoms with Crippen molar-refractivity contribution in [2.75, 3.05) is 0 Å². The fourth-order valence-electron chi connectivity index (χ4n) is 3.95. The van der Waals surface area contributed by atoms with E-state index in [9.17, 15) is 5.26 Å². The van der Waals surface area contributed by atoms with Crippen LogP contribution < -0.4 is 0 Å². The van der Waals surface area contributed by atoms with E-state index in [1.54, 1.807) is 18.5 Å². The zero-order chi connectivity index (χ0) is 22.6. The lowest BCUT2D eigenvalue weighted by Crippen LogP contribution is -2.21. The van der Waals surface area contributed by atoms with Crippen LogP contribution in [0, 0.1) is 28.1 Å². The molecule has 2 atom stereocenters. The van der Waals surface area contributed by atoms with Crippen LogP contribution in [0.25, 0.3) is 5.57 Å². The largest absolute Gasteiger partial charge is 0.363 e. The summed E-state index contributed by atoms with van der Waals surface area (Å²) in [5.41, 5.74) is 4.99. The molecule has 5 nitrogen and oxygen atoms in total. The van der Waals surface area contributed by atoms with Crippen molar-refractivity contribution in [1.29, 1.82) is 10.5 Å². The van der Waals surface area contributed by atoms with Gasteiger partial charge in [0.15, 0.2) is 0 Å². The summed E-state index contributed by atoms with van der Waals surface area (Å²) >= 11 is 0. The lowest BCUT2D eigenvalue weighted by molar-refractivity contribution is 0.0612. The van der Waals surface area contributed by atoms with Crippen LogP contribution in [0.5, 0.6) is 0 Å². The molecule has 1 heterocycles. The molecule has 1 aliphatic rings. The first kappa shape index (κ1) is 21.3. The molecule has 0 amide bonds. The molecule has 0 bridgehead atoms. The van der Waals surface area contributed by atoms with Crippen LogP contribution in [0.1, 0.15) is 41.8 Å². The maximum Gasteiger partial charge on any atom is 0.124 e. The highest BCUT2D eigenvalue weighted by Crippen LogP contribution is 2.44. The number of imidazole rings is 1. The van der Waals surface area contributed by atoms with Crippen molar-refractivity contribution < 1.29 is 4.74 Å². The number of hydrogen-bond donors (Lipinski definition) is 0. The Morgan fingerprint density at radius 3 is 2.50 bits per heavy atom. The van der Waals surface area contributed by atoms with Crippen molar-refractivity contribution in [3.63, 3.8) is 0 Å². The number of aryl methyl sites for hydroxylation is 1. The molecule has 4 rings (SSSR count). The number of rotatable bonds is 6. The van der Waals surface area contributed by atoms with E-state index in [1.807, 2.05) is 67.2 Å². The highest BCUT2D eigenvalue weighted by Gasteiger charge is 2.34. The average molecular weight is 421 g/mol. The number of aromatic nitrogens is 2. The Kier molecular flexibility index (Phi) is 6.03. The maximum atomic E-state index is 9.94. The molecule has 2 unspecified atom stereocenters. The minimum Gasteiger partial charge on any atom is -0.363 e. The monoisotopic (exact) mass is 420 g/mol. The molecule has 5 heteroatoms. The highest BCUT2D eigenvalue weighted by molar-refractivity contribution is 5.76. The molecule has 0 aliphatic heterocycles. The van der Waals surface area contributed by atoms with Crippen molar-refractivity contribution in [3.05, 3.63) is 107 Å². The zero-order valence-corrected chi connectivity index (χ0v) is 18.2. The molecule has 2 aromatic carbocycles. The van der Waals surface area contributed by atoms with Crippen LogP contribution in [0.3, 0.4) is 0 Å². The van der Waals surface area contributed by atoms with Gasteiger partial charge in [-0.3, -0.25) is 0 Å². The van der Waals surface area contributed by atoms with E-state index in [2.05, 4.69) is 29.3 Å². The molecule has 1 aliphatic carbocycles. The Hall–Kier alpha value is -3.93. The van der Waals surface area contributed by atoms with Gasteiger partial charge in [-0.15, -0.1) is 0 Å². The van der Waals surface area contributed by atoms with Crippen molar-refractivity contribution in [3.8, 4) is 12.1 Å². The first-order valence-corrected chi connectivity index (χ1v) is 10.5. The van der Waals surface area contributed by atoms with Gasteiger partial charge in [0, 0.05) is 7.05 Å². The normalized spacial score (nSPS) is 18.8. The maximum absolute atomic E-state index is 9.94. The Morgan fingerprint density at radius 2 is 1.88 bits per heavy atom. The van der Waals surface area contributed by atoms with E-state index in [1.165, 1.54) is 0 Å². The minimum absolute atomic E-state index is 0.333. The van der Waals surface area contributed by atoms with Gasteiger partial charge in [-0.25, -0.2) is 4.98 Å². The van der Waals surface area contributed by atoms with Gasteiger partial charge < -0.3 is 9.30 Å². The Balaban J connectivity index is 1.69. The van der Waals surface area contributed by atoms with Crippen molar-refractivity contribution in [2.24, 2.45) is 12.5 Å². The van der Waals surface area contributed by atoms with Crippen LogP contribution in [0.15, 0.2) is 84.8 Å². The molecule has 0 saturated heterocycles. The number of hydrogen-bond acceptors (Lipinski definition) is 4. The third-order valence-corrected chi connectivity index (χ3v) is 5.91. The summed E-state index contributed by atoms with van der Waals surface area (Å²) in [7, 11) is 1.95. The lowest BCUT2D eigenvalue weighted by Gasteiger charge is -2.31. The Morgan fingerprint density at radius 1 is 1.12 bits per heavy atom. The molecule has 158 valence electrons. The average Bonchev–Trinajstić information content (AvgIpc) is 3.26. The first-order valence-electron chi connectivity index (χ1n) is 10.5. The standard InChI is InChI=1S/C27H24N4O/c1-27(18-29)13-12-23(14-24(27)22-6-4-3-5-7-22)26(25-16-30-19-31(25)2)32-17-21-10-8-20(15-28)9-11-21/h3-12,14,16,19,26H,13,17H2,1-2H3. The smallest absolute Gasteiger partial charge is 0.124 e. The van der Waals surface area contributed by atoms with Crippen molar-refractivity contribution in [1.82, 2.24) is 9.55 Å².